The number of hydrogen-bond donors (Lipinski definition) is 2. The molecule has 1 aromatic heterocycles. The highest BCUT2D eigenvalue weighted by Crippen LogP contribution is 2.07. The molecule has 78 valence electrons. The third-order valence-corrected chi connectivity index (χ3v) is 2.14. The number of pyridine rings is 1. The van der Waals surface area contributed by atoms with Crippen molar-refractivity contribution in [1.29, 1.82) is 0 Å². The minimum absolute atomic E-state index is 0.238. The third-order valence-electron chi connectivity index (χ3n) is 2.14. The summed E-state index contributed by atoms with van der Waals surface area (Å²) in [6, 6.07) is 6.14. The van der Waals surface area contributed by atoms with Crippen LogP contribution in [0, 0.1) is 0 Å². The minimum atomic E-state index is -0.238. The fraction of sp³-hybridized carbons (Fsp3) is 0.545. The molecule has 14 heavy (non-hydrogen) atoms. The topological polar surface area (TPSA) is 45.1 Å². The number of rotatable bonds is 5. The fourth-order valence-electron chi connectivity index (χ4n) is 1.25. The standard InChI is InChI=1S/C11H18N2O/c1-9(14)6-8-12-10(2)11-5-3-4-7-13-11/h3-5,7,9-10,12,14H,6,8H2,1-2H3/t9-,10-/m1/s1. The Balaban J connectivity index is 2.32. The molecule has 0 saturated carbocycles. The van der Waals surface area contributed by atoms with Gasteiger partial charge in [0, 0.05) is 12.2 Å². The van der Waals surface area contributed by atoms with Gasteiger partial charge in [0.1, 0.15) is 0 Å². The predicted molar refractivity (Wildman–Crippen MR) is 57.0 cm³/mol. The molecule has 1 rings (SSSR count). The van der Waals surface area contributed by atoms with E-state index in [1.807, 2.05) is 18.2 Å². The summed E-state index contributed by atoms with van der Waals surface area (Å²) in [5.41, 5.74) is 1.04. The Kier molecular flexibility index (Phi) is 4.56. The van der Waals surface area contributed by atoms with Crippen molar-refractivity contribution in [2.45, 2.75) is 32.4 Å². The molecule has 3 nitrogen and oxygen atoms in total. The van der Waals surface area contributed by atoms with Crippen LogP contribution in [-0.2, 0) is 0 Å². The molecule has 0 saturated heterocycles. The van der Waals surface area contributed by atoms with Crippen molar-refractivity contribution in [3.8, 4) is 0 Å². The van der Waals surface area contributed by atoms with Gasteiger partial charge in [0.05, 0.1) is 11.8 Å². The van der Waals surface area contributed by atoms with Crippen molar-refractivity contribution in [2.75, 3.05) is 6.54 Å². The van der Waals surface area contributed by atoms with E-state index in [2.05, 4.69) is 17.2 Å². The maximum atomic E-state index is 9.08. The Morgan fingerprint density at radius 3 is 2.79 bits per heavy atom. The van der Waals surface area contributed by atoms with Crippen molar-refractivity contribution in [3.05, 3.63) is 30.1 Å². The second-order valence-electron chi connectivity index (χ2n) is 3.57. The minimum Gasteiger partial charge on any atom is -0.393 e. The van der Waals surface area contributed by atoms with Crippen LogP contribution < -0.4 is 5.32 Å². The first kappa shape index (κ1) is 11.1. The zero-order valence-electron chi connectivity index (χ0n) is 8.77. The Morgan fingerprint density at radius 2 is 2.21 bits per heavy atom. The van der Waals surface area contributed by atoms with Crippen molar-refractivity contribution in [2.24, 2.45) is 0 Å². The fourth-order valence-corrected chi connectivity index (χ4v) is 1.25. The summed E-state index contributed by atoms with van der Waals surface area (Å²) in [4.78, 5) is 4.25. The SMILES string of the molecule is C[C@@H](O)CCN[C@H](C)c1ccccn1. The van der Waals surface area contributed by atoms with Crippen LogP contribution in [0.1, 0.15) is 32.0 Å². The molecule has 0 aliphatic carbocycles. The van der Waals surface area contributed by atoms with E-state index in [1.165, 1.54) is 0 Å². The lowest BCUT2D eigenvalue weighted by Crippen LogP contribution is -2.23. The number of nitrogens with one attached hydrogen (secondary N) is 1. The summed E-state index contributed by atoms with van der Waals surface area (Å²) in [5, 5.41) is 12.4. The molecule has 0 bridgehead atoms. The Labute approximate surface area is 85.2 Å². The molecule has 0 fully saturated rings. The molecule has 2 atom stereocenters. The van der Waals surface area contributed by atoms with Gasteiger partial charge in [-0.2, -0.15) is 0 Å². The average Bonchev–Trinajstić information content (AvgIpc) is 2.18. The van der Waals surface area contributed by atoms with Gasteiger partial charge >= 0.3 is 0 Å². The van der Waals surface area contributed by atoms with E-state index < -0.39 is 0 Å². The van der Waals surface area contributed by atoms with Gasteiger partial charge in [-0.05, 0) is 38.9 Å². The lowest BCUT2D eigenvalue weighted by atomic mass is 10.2. The molecule has 0 unspecified atom stereocenters. The molecule has 0 aliphatic rings. The van der Waals surface area contributed by atoms with Crippen LogP contribution in [0.2, 0.25) is 0 Å². The van der Waals surface area contributed by atoms with Crippen LogP contribution in [0.25, 0.3) is 0 Å². The number of aliphatic hydroxyl groups excluding tert-OH is 1. The van der Waals surface area contributed by atoms with Crippen LogP contribution in [0.15, 0.2) is 24.4 Å². The van der Waals surface area contributed by atoms with Crippen molar-refractivity contribution in [3.63, 3.8) is 0 Å². The largest absolute Gasteiger partial charge is 0.393 e. The van der Waals surface area contributed by atoms with Gasteiger partial charge in [0.2, 0.25) is 0 Å². The predicted octanol–water partition coefficient (Wildman–Crippen LogP) is 1.50. The van der Waals surface area contributed by atoms with Crippen LogP contribution in [0.4, 0.5) is 0 Å². The second kappa shape index (κ2) is 5.73. The molecule has 2 N–H and O–H groups in total. The third kappa shape index (κ3) is 3.85. The maximum Gasteiger partial charge on any atom is 0.0570 e. The summed E-state index contributed by atoms with van der Waals surface area (Å²) < 4.78 is 0. The van der Waals surface area contributed by atoms with Crippen LogP contribution in [-0.4, -0.2) is 22.7 Å². The van der Waals surface area contributed by atoms with Gasteiger partial charge in [-0.3, -0.25) is 4.98 Å². The number of aliphatic hydroxyl groups is 1. The van der Waals surface area contributed by atoms with Gasteiger partial charge in [-0.25, -0.2) is 0 Å². The van der Waals surface area contributed by atoms with E-state index in [1.54, 1.807) is 13.1 Å². The molecule has 1 aromatic rings. The zero-order valence-corrected chi connectivity index (χ0v) is 8.77. The Bertz CT molecular complexity index is 249. The highest BCUT2D eigenvalue weighted by Gasteiger charge is 2.04. The van der Waals surface area contributed by atoms with Crippen LogP contribution >= 0.6 is 0 Å². The molecule has 0 aliphatic heterocycles. The number of nitrogens with zero attached hydrogens (tertiary/aromatic N) is 1. The van der Waals surface area contributed by atoms with E-state index in [-0.39, 0.29) is 12.1 Å². The number of aromatic nitrogens is 1. The van der Waals surface area contributed by atoms with Gasteiger partial charge in [0.15, 0.2) is 0 Å². The van der Waals surface area contributed by atoms with Gasteiger partial charge in [-0.15, -0.1) is 0 Å². The summed E-state index contributed by atoms with van der Waals surface area (Å²) >= 11 is 0. The lowest BCUT2D eigenvalue weighted by molar-refractivity contribution is 0.182. The van der Waals surface area contributed by atoms with E-state index in [4.69, 9.17) is 5.11 Å². The van der Waals surface area contributed by atoms with E-state index in [0.717, 1.165) is 18.7 Å². The van der Waals surface area contributed by atoms with Gasteiger partial charge < -0.3 is 10.4 Å². The molecule has 0 spiro atoms. The molecule has 3 heteroatoms. The zero-order chi connectivity index (χ0) is 10.4. The summed E-state index contributed by atoms with van der Waals surface area (Å²) in [5.74, 6) is 0. The number of hydrogen-bond acceptors (Lipinski definition) is 3. The van der Waals surface area contributed by atoms with E-state index >= 15 is 0 Å². The molecule has 0 aromatic carbocycles. The van der Waals surface area contributed by atoms with Gasteiger partial charge in [-0.1, -0.05) is 6.07 Å². The maximum absolute atomic E-state index is 9.08. The molecule has 1 heterocycles. The average molecular weight is 194 g/mol. The van der Waals surface area contributed by atoms with E-state index in [9.17, 15) is 0 Å². The van der Waals surface area contributed by atoms with Crippen LogP contribution in [0.3, 0.4) is 0 Å². The van der Waals surface area contributed by atoms with Crippen molar-refractivity contribution < 1.29 is 5.11 Å². The Hall–Kier alpha value is -0.930. The van der Waals surface area contributed by atoms with Gasteiger partial charge in [0.25, 0.3) is 0 Å². The lowest BCUT2D eigenvalue weighted by Gasteiger charge is -2.13. The normalized spacial score (nSPS) is 15.1. The Morgan fingerprint density at radius 1 is 1.43 bits per heavy atom. The summed E-state index contributed by atoms with van der Waals surface area (Å²) in [6.45, 7) is 4.69. The first-order valence-electron chi connectivity index (χ1n) is 5.02. The van der Waals surface area contributed by atoms with E-state index in [0.29, 0.717) is 0 Å². The summed E-state index contributed by atoms with van der Waals surface area (Å²) in [7, 11) is 0. The van der Waals surface area contributed by atoms with Crippen LogP contribution in [0.5, 0.6) is 0 Å². The smallest absolute Gasteiger partial charge is 0.0570 e. The van der Waals surface area contributed by atoms with Crippen molar-refractivity contribution in [1.82, 2.24) is 10.3 Å². The second-order valence-corrected chi connectivity index (χ2v) is 3.57. The monoisotopic (exact) mass is 194 g/mol. The first-order chi connectivity index (χ1) is 6.70. The molecular weight excluding hydrogens is 176 g/mol. The summed E-state index contributed by atoms with van der Waals surface area (Å²) in [6.07, 6.45) is 2.33. The molecule has 0 radical (unpaired) electrons. The van der Waals surface area contributed by atoms with Crippen molar-refractivity contribution >= 4 is 0 Å². The highest BCUT2D eigenvalue weighted by molar-refractivity contribution is 5.07. The highest BCUT2D eigenvalue weighted by atomic mass is 16.3. The molecular formula is C11H18N2O. The first-order valence-corrected chi connectivity index (χ1v) is 5.02. The molecule has 0 amide bonds. The quantitative estimate of drug-likeness (QED) is 0.746.